The number of thiophene rings is 1. The molecule has 0 fully saturated rings. The van der Waals surface area contributed by atoms with Crippen LogP contribution in [0.2, 0.25) is 0 Å². The Hall–Kier alpha value is -1.76. The van der Waals surface area contributed by atoms with Crippen molar-refractivity contribution in [2.45, 2.75) is 11.8 Å². The number of rotatable bonds is 2. The van der Waals surface area contributed by atoms with Gasteiger partial charge in [-0.05, 0) is 59.3 Å². The number of fused-ring (bicyclic) bond motifs is 1. The van der Waals surface area contributed by atoms with Crippen LogP contribution in [0.25, 0.3) is 11.6 Å². The van der Waals surface area contributed by atoms with Gasteiger partial charge in [-0.1, -0.05) is 0 Å². The largest absolute Gasteiger partial charge is 0.768 e. The quantitative estimate of drug-likeness (QED) is 0.685. The summed E-state index contributed by atoms with van der Waals surface area (Å²) in [6, 6.07) is 6.58. The molecule has 1 unspecified atom stereocenters. The molecule has 1 atom stereocenters. The maximum Gasteiger partial charge on any atom is 0.256 e. The summed E-state index contributed by atoms with van der Waals surface area (Å²) in [5, 5.41) is 4.70. The van der Waals surface area contributed by atoms with Crippen LogP contribution in [0.15, 0.2) is 34.5 Å². The number of aryl methyl sites for hydroxylation is 1. The van der Waals surface area contributed by atoms with Crippen LogP contribution >= 0.6 is 11.3 Å². The molecular formula is C14H10NO3S2-. The van der Waals surface area contributed by atoms with E-state index in [1.165, 1.54) is 12.1 Å². The molecule has 0 spiro atoms. The second kappa shape index (κ2) is 4.97. The number of carbonyl (C=O) groups excluding carboxylic acids is 1. The predicted molar refractivity (Wildman–Crippen MR) is 79.2 cm³/mol. The molecule has 0 aliphatic carbocycles. The fourth-order valence-electron chi connectivity index (χ4n) is 2.08. The first kappa shape index (κ1) is 13.2. The number of anilines is 1. The molecule has 2 heterocycles. The molecule has 4 nitrogen and oxygen atoms in total. The minimum atomic E-state index is -2.30. The normalized spacial score (nSPS) is 17.1. The standard InChI is InChI=1S/C14H11NO3S2/c1-8-4-5-19-13(8)7-11-10-6-9(20(17)18)2-3-12(10)15-14(11)16/h2-7H,1H3,(H,15,16)(H,17,18)/p-1. The molecule has 1 aliphatic heterocycles. The highest BCUT2D eigenvalue weighted by atomic mass is 32.2. The molecule has 102 valence electrons. The third-order valence-corrected chi connectivity index (χ3v) is 4.75. The van der Waals surface area contributed by atoms with Crippen LogP contribution in [0.4, 0.5) is 5.69 Å². The molecule has 2 aromatic rings. The van der Waals surface area contributed by atoms with Crippen LogP contribution in [0.1, 0.15) is 16.0 Å². The Morgan fingerprint density at radius 2 is 2.15 bits per heavy atom. The van der Waals surface area contributed by atoms with Crippen LogP contribution in [-0.4, -0.2) is 14.7 Å². The molecule has 1 aromatic heterocycles. The van der Waals surface area contributed by atoms with Crippen molar-refractivity contribution in [2.24, 2.45) is 0 Å². The van der Waals surface area contributed by atoms with Crippen LogP contribution in [-0.2, 0) is 15.9 Å². The van der Waals surface area contributed by atoms with E-state index in [0.717, 1.165) is 10.4 Å². The van der Waals surface area contributed by atoms with Crippen molar-refractivity contribution in [2.75, 3.05) is 5.32 Å². The van der Waals surface area contributed by atoms with E-state index < -0.39 is 11.1 Å². The zero-order valence-electron chi connectivity index (χ0n) is 10.5. The zero-order chi connectivity index (χ0) is 14.3. The van der Waals surface area contributed by atoms with E-state index in [2.05, 4.69) is 5.32 Å². The van der Waals surface area contributed by atoms with Gasteiger partial charge in [0.15, 0.2) is 0 Å². The Labute approximate surface area is 122 Å². The fraction of sp³-hybridized carbons (Fsp3) is 0.0714. The molecule has 1 aromatic carbocycles. The summed E-state index contributed by atoms with van der Waals surface area (Å²) in [4.78, 5) is 13.2. The molecule has 0 bridgehead atoms. The molecule has 1 aliphatic rings. The first-order valence-electron chi connectivity index (χ1n) is 5.87. The van der Waals surface area contributed by atoms with E-state index in [4.69, 9.17) is 0 Å². The van der Waals surface area contributed by atoms with Gasteiger partial charge in [0.05, 0.1) is 5.57 Å². The Morgan fingerprint density at radius 1 is 1.35 bits per heavy atom. The summed E-state index contributed by atoms with van der Waals surface area (Å²) < 4.78 is 22.1. The SMILES string of the molecule is Cc1ccsc1C=C1C(=O)Nc2ccc(S(=O)[O-])cc21. The van der Waals surface area contributed by atoms with Crippen molar-refractivity contribution in [1.82, 2.24) is 0 Å². The van der Waals surface area contributed by atoms with Crippen LogP contribution < -0.4 is 5.32 Å². The smallest absolute Gasteiger partial charge is 0.256 e. The summed E-state index contributed by atoms with van der Waals surface area (Å²) in [5.74, 6) is -0.207. The van der Waals surface area contributed by atoms with E-state index in [1.807, 2.05) is 18.4 Å². The van der Waals surface area contributed by atoms with Crippen molar-refractivity contribution in [1.29, 1.82) is 0 Å². The van der Waals surface area contributed by atoms with E-state index in [0.29, 0.717) is 16.8 Å². The lowest BCUT2D eigenvalue weighted by Crippen LogP contribution is -2.03. The minimum absolute atomic E-state index is 0.175. The van der Waals surface area contributed by atoms with Gasteiger partial charge in [0.1, 0.15) is 0 Å². The lowest BCUT2D eigenvalue weighted by Gasteiger charge is -2.06. The van der Waals surface area contributed by atoms with Gasteiger partial charge in [0.2, 0.25) is 0 Å². The first-order valence-corrected chi connectivity index (χ1v) is 7.82. The van der Waals surface area contributed by atoms with Crippen molar-refractivity contribution in [3.8, 4) is 0 Å². The monoisotopic (exact) mass is 304 g/mol. The van der Waals surface area contributed by atoms with Crippen LogP contribution in [0.3, 0.4) is 0 Å². The Balaban J connectivity index is 2.13. The molecule has 1 N–H and O–H groups in total. The van der Waals surface area contributed by atoms with Crippen molar-refractivity contribution in [3.63, 3.8) is 0 Å². The number of hydrogen-bond donors (Lipinski definition) is 1. The maximum absolute atomic E-state index is 12.0. The zero-order valence-corrected chi connectivity index (χ0v) is 12.1. The molecular weight excluding hydrogens is 294 g/mol. The van der Waals surface area contributed by atoms with Crippen LogP contribution in [0, 0.1) is 6.92 Å². The number of amides is 1. The second-order valence-electron chi connectivity index (χ2n) is 4.42. The van der Waals surface area contributed by atoms with Gasteiger partial charge in [0, 0.05) is 21.0 Å². The van der Waals surface area contributed by atoms with E-state index >= 15 is 0 Å². The van der Waals surface area contributed by atoms with E-state index in [-0.39, 0.29) is 10.8 Å². The van der Waals surface area contributed by atoms with Gasteiger partial charge in [0.25, 0.3) is 5.91 Å². The molecule has 6 heteroatoms. The molecule has 0 saturated carbocycles. The van der Waals surface area contributed by atoms with E-state index in [1.54, 1.807) is 23.5 Å². The third-order valence-electron chi connectivity index (χ3n) is 3.14. The van der Waals surface area contributed by atoms with Gasteiger partial charge in [-0.2, -0.15) is 0 Å². The Morgan fingerprint density at radius 3 is 2.80 bits per heavy atom. The Kier molecular flexibility index (Phi) is 3.29. The van der Waals surface area contributed by atoms with Gasteiger partial charge in [-0.15, -0.1) is 11.3 Å². The number of carbonyl (C=O) groups is 1. The second-order valence-corrected chi connectivity index (χ2v) is 6.31. The highest BCUT2D eigenvalue weighted by Gasteiger charge is 2.24. The topological polar surface area (TPSA) is 69.2 Å². The summed E-state index contributed by atoms with van der Waals surface area (Å²) in [5.41, 5.74) is 2.86. The van der Waals surface area contributed by atoms with E-state index in [9.17, 15) is 13.6 Å². The third kappa shape index (κ3) is 2.22. The fourth-order valence-corrected chi connectivity index (χ4v) is 3.33. The number of benzene rings is 1. The highest BCUT2D eigenvalue weighted by Crippen LogP contribution is 2.35. The highest BCUT2D eigenvalue weighted by molar-refractivity contribution is 7.79. The maximum atomic E-state index is 12.0. The van der Waals surface area contributed by atoms with Crippen LogP contribution in [0.5, 0.6) is 0 Å². The molecule has 20 heavy (non-hydrogen) atoms. The molecule has 3 rings (SSSR count). The average Bonchev–Trinajstić information content (AvgIpc) is 2.94. The number of hydrogen-bond acceptors (Lipinski definition) is 4. The van der Waals surface area contributed by atoms with Crippen molar-refractivity contribution >= 4 is 45.7 Å². The number of nitrogens with one attached hydrogen (secondary N) is 1. The summed E-state index contributed by atoms with van der Waals surface area (Å²) in [7, 11) is 0. The van der Waals surface area contributed by atoms with Crippen molar-refractivity contribution in [3.05, 3.63) is 45.6 Å². The van der Waals surface area contributed by atoms with Gasteiger partial charge in [-0.25, -0.2) is 0 Å². The molecule has 1 amide bonds. The van der Waals surface area contributed by atoms with Gasteiger partial charge >= 0.3 is 0 Å². The Bertz CT molecular complexity index is 762. The summed E-state index contributed by atoms with van der Waals surface area (Å²) >= 11 is -0.759. The lowest BCUT2D eigenvalue weighted by molar-refractivity contribution is -0.110. The lowest BCUT2D eigenvalue weighted by atomic mass is 10.1. The minimum Gasteiger partial charge on any atom is -0.768 e. The molecule has 0 radical (unpaired) electrons. The van der Waals surface area contributed by atoms with Gasteiger partial charge < -0.3 is 9.87 Å². The average molecular weight is 304 g/mol. The molecule has 0 saturated heterocycles. The summed E-state index contributed by atoms with van der Waals surface area (Å²) in [6.07, 6.45) is 1.80. The van der Waals surface area contributed by atoms with Gasteiger partial charge in [-0.3, -0.25) is 9.00 Å². The predicted octanol–water partition coefficient (Wildman–Crippen LogP) is 2.79. The van der Waals surface area contributed by atoms with Crippen molar-refractivity contribution < 1.29 is 13.6 Å². The first-order chi connectivity index (χ1) is 9.56. The summed E-state index contributed by atoms with van der Waals surface area (Å²) in [6.45, 7) is 1.97.